The second kappa shape index (κ2) is 9.56. The highest BCUT2D eigenvalue weighted by atomic mass is 16.2. The predicted octanol–water partition coefficient (Wildman–Crippen LogP) is 6.14. The third kappa shape index (κ3) is 4.34. The van der Waals surface area contributed by atoms with Gasteiger partial charge in [0.2, 0.25) is 0 Å². The Labute approximate surface area is 201 Å². The number of para-hydroxylation sites is 1. The molecule has 0 unspecified atom stereocenters. The third-order valence-corrected chi connectivity index (χ3v) is 6.40. The van der Waals surface area contributed by atoms with E-state index >= 15 is 0 Å². The summed E-state index contributed by atoms with van der Waals surface area (Å²) in [4.78, 5) is 12.8. The Bertz CT molecular complexity index is 1370. The number of carbonyl (C=O) groups is 1. The zero-order valence-corrected chi connectivity index (χ0v) is 20.8. The number of aryl methyl sites for hydroxylation is 5. The van der Waals surface area contributed by atoms with Gasteiger partial charge in [-0.1, -0.05) is 31.2 Å². The van der Waals surface area contributed by atoms with Crippen LogP contribution in [0.5, 0.6) is 0 Å². The Kier molecular flexibility index (Phi) is 6.55. The summed E-state index contributed by atoms with van der Waals surface area (Å²) in [6, 6.07) is 20.3. The Morgan fingerprint density at radius 3 is 2.29 bits per heavy atom. The zero-order valence-electron chi connectivity index (χ0n) is 20.8. The van der Waals surface area contributed by atoms with Crippen molar-refractivity contribution in [3.8, 4) is 11.4 Å². The molecule has 34 heavy (non-hydrogen) atoms. The van der Waals surface area contributed by atoms with E-state index in [0.717, 1.165) is 40.4 Å². The summed E-state index contributed by atoms with van der Waals surface area (Å²) in [6.07, 6.45) is 2.69. The Balaban J connectivity index is 1.56. The second-order valence-corrected chi connectivity index (χ2v) is 8.80. The van der Waals surface area contributed by atoms with E-state index in [1.54, 1.807) is 12.3 Å². The molecule has 1 amide bonds. The molecule has 5 nitrogen and oxygen atoms in total. The first-order valence-corrected chi connectivity index (χ1v) is 11.7. The molecule has 0 aliphatic rings. The average Bonchev–Trinajstić information content (AvgIpc) is 3.30. The van der Waals surface area contributed by atoms with Crippen molar-refractivity contribution < 1.29 is 4.79 Å². The van der Waals surface area contributed by atoms with Crippen molar-refractivity contribution in [2.75, 3.05) is 0 Å². The molecular formula is C29H32N4O. The van der Waals surface area contributed by atoms with Gasteiger partial charge in [0.25, 0.3) is 5.91 Å². The minimum absolute atomic E-state index is 0.235. The number of amides is 1. The Morgan fingerprint density at radius 1 is 0.882 bits per heavy atom. The molecule has 2 heterocycles. The highest BCUT2D eigenvalue weighted by Gasteiger charge is 2.14. The van der Waals surface area contributed by atoms with Gasteiger partial charge in [0.05, 0.1) is 11.9 Å². The summed E-state index contributed by atoms with van der Waals surface area (Å²) in [5.41, 5.74) is 13.5. The van der Waals surface area contributed by atoms with Gasteiger partial charge in [-0.15, -0.1) is 0 Å². The van der Waals surface area contributed by atoms with E-state index in [9.17, 15) is 4.79 Å². The first kappa shape index (κ1) is 23.3. The molecule has 4 aromatic rings. The van der Waals surface area contributed by atoms with Crippen molar-refractivity contribution in [3.05, 3.63) is 106 Å². The summed E-state index contributed by atoms with van der Waals surface area (Å²) in [7, 11) is 0. The fourth-order valence-electron chi connectivity index (χ4n) is 4.67. The molecular weight excluding hydrogens is 420 g/mol. The van der Waals surface area contributed by atoms with Gasteiger partial charge in [0, 0.05) is 39.6 Å². The summed E-state index contributed by atoms with van der Waals surface area (Å²) >= 11 is 0. The molecule has 0 fully saturated rings. The Hall–Kier alpha value is -3.86. The monoisotopic (exact) mass is 452 g/mol. The normalized spacial score (nSPS) is 11.4. The number of hydrogen-bond acceptors (Lipinski definition) is 2. The van der Waals surface area contributed by atoms with Crippen LogP contribution in [0.4, 0.5) is 0 Å². The van der Waals surface area contributed by atoms with Gasteiger partial charge in [-0.2, -0.15) is 5.10 Å². The standard InChI is InChI=1S/C29H32N4O/c1-7-24-11-8-10-19(2)28(24)33-22(5)16-26(23(33)6)18-30-31-29(34)25-12-9-13-27(17-25)32-20(3)14-15-21(32)4/h8-18H,7H2,1-6H3,(H,31,34)/b30-18-. The van der Waals surface area contributed by atoms with E-state index < -0.39 is 0 Å². The number of rotatable bonds is 6. The van der Waals surface area contributed by atoms with Crippen LogP contribution in [0.25, 0.3) is 11.4 Å². The lowest BCUT2D eigenvalue weighted by Gasteiger charge is -2.17. The van der Waals surface area contributed by atoms with E-state index in [0.29, 0.717) is 5.56 Å². The molecule has 0 saturated carbocycles. The predicted molar refractivity (Wildman–Crippen MR) is 140 cm³/mol. The molecule has 1 N–H and O–H groups in total. The average molecular weight is 453 g/mol. The summed E-state index contributed by atoms with van der Waals surface area (Å²) in [5, 5.41) is 4.27. The molecule has 0 spiro atoms. The van der Waals surface area contributed by atoms with Gasteiger partial charge in [-0.3, -0.25) is 4.79 Å². The SMILES string of the molecule is CCc1cccc(C)c1-n1c(C)cc(/C=N\NC(=O)c2cccc(-n3c(C)ccc3C)c2)c1C. The van der Waals surface area contributed by atoms with Crippen LogP contribution in [0.15, 0.2) is 65.8 Å². The highest BCUT2D eigenvalue weighted by Crippen LogP contribution is 2.26. The van der Waals surface area contributed by atoms with Crippen LogP contribution in [-0.2, 0) is 6.42 Å². The number of benzene rings is 2. The van der Waals surface area contributed by atoms with E-state index in [4.69, 9.17) is 0 Å². The van der Waals surface area contributed by atoms with E-state index in [1.807, 2.05) is 18.2 Å². The molecule has 5 heteroatoms. The molecule has 174 valence electrons. The van der Waals surface area contributed by atoms with Crippen LogP contribution < -0.4 is 5.43 Å². The lowest BCUT2D eigenvalue weighted by atomic mass is 10.1. The van der Waals surface area contributed by atoms with Crippen LogP contribution in [0.2, 0.25) is 0 Å². The molecule has 2 aromatic carbocycles. The van der Waals surface area contributed by atoms with Crippen molar-refractivity contribution in [1.29, 1.82) is 0 Å². The molecule has 0 aliphatic heterocycles. The number of hydrogen-bond donors (Lipinski definition) is 1. The molecule has 0 aliphatic carbocycles. The van der Waals surface area contributed by atoms with Crippen LogP contribution in [0.1, 0.15) is 56.7 Å². The van der Waals surface area contributed by atoms with Gasteiger partial charge in [-0.05, 0) is 88.6 Å². The first-order chi connectivity index (χ1) is 16.3. The van der Waals surface area contributed by atoms with Crippen molar-refractivity contribution >= 4 is 12.1 Å². The Morgan fingerprint density at radius 2 is 1.59 bits per heavy atom. The summed E-state index contributed by atoms with van der Waals surface area (Å²) in [5.74, 6) is -0.235. The minimum atomic E-state index is -0.235. The fourth-order valence-corrected chi connectivity index (χ4v) is 4.67. The van der Waals surface area contributed by atoms with E-state index in [1.165, 1.54) is 16.8 Å². The van der Waals surface area contributed by atoms with Crippen molar-refractivity contribution in [2.45, 2.75) is 48.0 Å². The molecule has 0 bridgehead atoms. The molecule has 0 saturated heterocycles. The summed E-state index contributed by atoms with van der Waals surface area (Å²) < 4.78 is 4.41. The van der Waals surface area contributed by atoms with Crippen molar-refractivity contribution in [2.24, 2.45) is 5.10 Å². The van der Waals surface area contributed by atoms with E-state index in [2.05, 4.69) is 97.6 Å². The first-order valence-electron chi connectivity index (χ1n) is 11.7. The maximum Gasteiger partial charge on any atom is 0.271 e. The van der Waals surface area contributed by atoms with Gasteiger partial charge >= 0.3 is 0 Å². The van der Waals surface area contributed by atoms with Crippen LogP contribution in [0.3, 0.4) is 0 Å². The lowest BCUT2D eigenvalue weighted by molar-refractivity contribution is 0.0955. The number of aromatic nitrogens is 2. The van der Waals surface area contributed by atoms with Gasteiger partial charge in [0.1, 0.15) is 0 Å². The van der Waals surface area contributed by atoms with Gasteiger partial charge in [-0.25, -0.2) is 5.43 Å². The van der Waals surface area contributed by atoms with Crippen molar-refractivity contribution in [1.82, 2.24) is 14.6 Å². The van der Waals surface area contributed by atoms with Gasteiger partial charge in [0.15, 0.2) is 0 Å². The van der Waals surface area contributed by atoms with Crippen LogP contribution in [0, 0.1) is 34.6 Å². The van der Waals surface area contributed by atoms with Crippen molar-refractivity contribution in [3.63, 3.8) is 0 Å². The maximum atomic E-state index is 12.8. The number of nitrogens with one attached hydrogen (secondary N) is 1. The van der Waals surface area contributed by atoms with Crippen LogP contribution in [-0.4, -0.2) is 21.3 Å². The van der Waals surface area contributed by atoms with Gasteiger partial charge < -0.3 is 9.13 Å². The quantitative estimate of drug-likeness (QED) is 0.277. The number of carbonyl (C=O) groups excluding carboxylic acids is 1. The number of nitrogens with zero attached hydrogens (tertiary/aromatic N) is 3. The van der Waals surface area contributed by atoms with E-state index in [-0.39, 0.29) is 5.91 Å². The minimum Gasteiger partial charge on any atom is -0.318 e. The zero-order chi connectivity index (χ0) is 24.4. The maximum absolute atomic E-state index is 12.8. The molecule has 2 aromatic heterocycles. The largest absolute Gasteiger partial charge is 0.318 e. The molecule has 4 rings (SSSR count). The topological polar surface area (TPSA) is 51.3 Å². The second-order valence-electron chi connectivity index (χ2n) is 8.80. The molecule has 0 atom stereocenters. The third-order valence-electron chi connectivity index (χ3n) is 6.40. The smallest absolute Gasteiger partial charge is 0.271 e. The van der Waals surface area contributed by atoms with Crippen LogP contribution >= 0.6 is 0 Å². The number of hydrazone groups is 1. The molecule has 0 radical (unpaired) electrons. The highest BCUT2D eigenvalue weighted by molar-refractivity contribution is 5.95. The fraction of sp³-hybridized carbons (Fsp3) is 0.241. The summed E-state index contributed by atoms with van der Waals surface area (Å²) in [6.45, 7) is 12.6. The lowest BCUT2D eigenvalue weighted by Crippen LogP contribution is -2.18.